The number of rotatable bonds is 7. The first kappa shape index (κ1) is 15.9. The van der Waals surface area contributed by atoms with Gasteiger partial charge in [0, 0.05) is 19.5 Å². The largest absolute Gasteiger partial charge is 0.342 e. The third-order valence-electron chi connectivity index (χ3n) is 3.89. The van der Waals surface area contributed by atoms with Crippen LogP contribution in [0, 0.1) is 5.41 Å². The van der Waals surface area contributed by atoms with Crippen LogP contribution in [0.15, 0.2) is 12.2 Å². The third kappa shape index (κ3) is 4.48. The van der Waals surface area contributed by atoms with Gasteiger partial charge < -0.3 is 4.90 Å². The summed E-state index contributed by atoms with van der Waals surface area (Å²) >= 11 is 0. The molecule has 1 heterocycles. The molecule has 3 nitrogen and oxygen atoms in total. The Bertz CT molecular complexity index is 339. The summed E-state index contributed by atoms with van der Waals surface area (Å²) in [4.78, 5) is 26.4. The molecule has 0 aliphatic carbocycles. The average Bonchev–Trinajstić information content (AvgIpc) is 2.91. The predicted molar refractivity (Wildman–Crippen MR) is 77.9 cm³/mol. The van der Waals surface area contributed by atoms with Gasteiger partial charge in [0.05, 0.1) is 0 Å². The molecule has 0 aromatic rings. The topological polar surface area (TPSA) is 37.4 Å². The molecule has 1 fully saturated rings. The Morgan fingerprint density at radius 2 is 1.79 bits per heavy atom. The van der Waals surface area contributed by atoms with Crippen molar-refractivity contribution < 1.29 is 9.59 Å². The maximum atomic E-state index is 12.3. The standard InChI is InChI=1S/C16H27NO2/c1-4-5-6-7-8-11-14(18)16(2,3)15(19)17-12-9-10-13-17/h4-5H,6-13H2,1-3H3/b5-4+. The summed E-state index contributed by atoms with van der Waals surface area (Å²) in [7, 11) is 0. The zero-order valence-corrected chi connectivity index (χ0v) is 12.6. The number of Topliss-reactive ketones (excluding diaryl/α,β-unsaturated/α-hetero) is 1. The Balaban J connectivity index is 2.41. The van der Waals surface area contributed by atoms with Gasteiger partial charge in [-0.05, 0) is 52.9 Å². The SMILES string of the molecule is C/C=C/CCCCC(=O)C(C)(C)C(=O)N1CCCC1. The van der Waals surface area contributed by atoms with Crippen LogP contribution in [0.4, 0.5) is 0 Å². The Kier molecular flexibility index (Phi) is 6.26. The number of nitrogens with zero attached hydrogens (tertiary/aromatic N) is 1. The van der Waals surface area contributed by atoms with E-state index in [1.54, 1.807) is 13.8 Å². The Morgan fingerprint density at radius 1 is 1.16 bits per heavy atom. The molecule has 0 N–H and O–H groups in total. The summed E-state index contributed by atoms with van der Waals surface area (Å²) in [5, 5.41) is 0. The van der Waals surface area contributed by atoms with E-state index in [9.17, 15) is 9.59 Å². The van der Waals surface area contributed by atoms with Gasteiger partial charge in [0.1, 0.15) is 11.2 Å². The predicted octanol–water partition coefficient (Wildman–Crippen LogP) is 3.34. The van der Waals surface area contributed by atoms with Crippen molar-refractivity contribution in [1.29, 1.82) is 0 Å². The lowest BCUT2D eigenvalue weighted by molar-refractivity contribution is -0.146. The fourth-order valence-electron chi connectivity index (χ4n) is 2.46. The molecule has 1 rings (SSSR count). The first-order valence-corrected chi connectivity index (χ1v) is 7.44. The monoisotopic (exact) mass is 265 g/mol. The number of ketones is 1. The molecule has 0 aromatic heterocycles. The van der Waals surface area contributed by atoms with Crippen LogP contribution in [0.25, 0.3) is 0 Å². The third-order valence-corrected chi connectivity index (χ3v) is 3.89. The molecule has 0 bridgehead atoms. The number of likely N-dealkylation sites (tertiary alicyclic amines) is 1. The van der Waals surface area contributed by atoms with Crippen LogP contribution in [-0.4, -0.2) is 29.7 Å². The Hall–Kier alpha value is -1.12. The molecule has 0 radical (unpaired) electrons. The van der Waals surface area contributed by atoms with E-state index in [2.05, 4.69) is 6.08 Å². The molecule has 0 unspecified atom stereocenters. The first-order chi connectivity index (χ1) is 9.00. The molecule has 1 amide bonds. The summed E-state index contributed by atoms with van der Waals surface area (Å²) in [6.07, 6.45) is 9.71. The van der Waals surface area contributed by atoms with Gasteiger partial charge in [0.15, 0.2) is 0 Å². The molecule has 108 valence electrons. The molecule has 3 heteroatoms. The van der Waals surface area contributed by atoms with E-state index in [1.807, 2.05) is 17.9 Å². The summed E-state index contributed by atoms with van der Waals surface area (Å²) < 4.78 is 0. The highest BCUT2D eigenvalue weighted by Gasteiger charge is 2.38. The van der Waals surface area contributed by atoms with Gasteiger partial charge in [-0.1, -0.05) is 12.2 Å². The summed E-state index contributed by atoms with van der Waals surface area (Å²) in [6.45, 7) is 7.19. The first-order valence-electron chi connectivity index (χ1n) is 7.44. The number of unbranched alkanes of at least 4 members (excludes halogenated alkanes) is 2. The fraction of sp³-hybridized carbons (Fsp3) is 0.750. The number of carbonyl (C=O) groups excluding carboxylic acids is 2. The highest BCUT2D eigenvalue weighted by Crippen LogP contribution is 2.25. The van der Waals surface area contributed by atoms with Gasteiger partial charge in [-0.15, -0.1) is 0 Å². The number of carbonyl (C=O) groups is 2. The van der Waals surface area contributed by atoms with E-state index in [0.29, 0.717) is 6.42 Å². The highest BCUT2D eigenvalue weighted by molar-refractivity contribution is 6.05. The van der Waals surface area contributed by atoms with Crippen molar-refractivity contribution in [3.05, 3.63) is 12.2 Å². The van der Waals surface area contributed by atoms with Crippen LogP contribution < -0.4 is 0 Å². The van der Waals surface area contributed by atoms with E-state index < -0.39 is 5.41 Å². The molecule has 1 saturated heterocycles. The summed E-state index contributed by atoms with van der Waals surface area (Å²) in [6, 6.07) is 0. The smallest absolute Gasteiger partial charge is 0.235 e. The molecule has 1 aliphatic rings. The summed E-state index contributed by atoms with van der Waals surface area (Å²) in [5.74, 6) is 0.105. The van der Waals surface area contributed by atoms with Crippen molar-refractivity contribution in [2.45, 2.75) is 59.3 Å². The van der Waals surface area contributed by atoms with Crippen LogP contribution in [0.5, 0.6) is 0 Å². The Morgan fingerprint density at radius 3 is 2.37 bits per heavy atom. The summed E-state index contributed by atoms with van der Waals surface area (Å²) in [5.41, 5.74) is -0.842. The van der Waals surface area contributed by atoms with Crippen molar-refractivity contribution in [1.82, 2.24) is 4.90 Å². The van der Waals surface area contributed by atoms with E-state index in [0.717, 1.165) is 45.2 Å². The lowest BCUT2D eigenvalue weighted by Gasteiger charge is -2.27. The van der Waals surface area contributed by atoms with Gasteiger partial charge in [-0.25, -0.2) is 0 Å². The minimum atomic E-state index is -0.842. The molecule has 0 spiro atoms. The fourth-order valence-corrected chi connectivity index (χ4v) is 2.46. The molecule has 19 heavy (non-hydrogen) atoms. The molecular weight excluding hydrogens is 238 g/mol. The van der Waals surface area contributed by atoms with Gasteiger partial charge in [0.25, 0.3) is 0 Å². The number of hydrogen-bond donors (Lipinski definition) is 0. The zero-order valence-electron chi connectivity index (χ0n) is 12.6. The number of allylic oxidation sites excluding steroid dienone is 2. The van der Waals surface area contributed by atoms with Gasteiger partial charge >= 0.3 is 0 Å². The van der Waals surface area contributed by atoms with E-state index in [-0.39, 0.29) is 11.7 Å². The molecule has 0 aromatic carbocycles. The van der Waals surface area contributed by atoms with Crippen molar-refractivity contribution in [2.24, 2.45) is 5.41 Å². The van der Waals surface area contributed by atoms with Crippen LogP contribution >= 0.6 is 0 Å². The normalized spacial score (nSPS) is 16.3. The molecule has 0 saturated carbocycles. The second-order valence-corrected chi connectivity index (χ2v) is 5.86. The van der Waals surface area contributed by atoms with Crippen molar-refractivity contribution in [3.63, 3.8) is 0 Å². The maximum absolute atomic E-state index is 12.3. The number of amides is 1. The van der Waals surface area contributed by atoms with Gasteiger partial charge in [-0.3, -0.25) is 9.59 Å². The minimum absolute atomic E-state index is 0.0171. The Labute approximate surface area is 117 Å². The lowest BCUT2D eigenvalue weighted by atomic mass is 9.84. The number of hydrogen-bond acceptors (Lipinski definition) is 2. The van der Waals surface area contributed by atoms with Gasteiger partial charge in [-0.2, -0.15) is 0 Å². The van der Waals surface area contributed by atoms with Crippen molar-refractivity contribution in [2.75, 3.05) is 13.1 Å². The zero-order chi connectivity index (χ0) is 14.3. The minimum Gasteiger partial charge on any atom is -0.342 e. The second-order valence-electron chi connectivity index (χ2n) is 5.86. The maximum Gasteiger partial charge on any atom is 0.235 e. The second kappa shape index (κ2) is 7.46. The van der Waals surface area contributed by atoms with Crippen molar-refractivity contribution in [3.8, 4) is 0 Å². The van der Waals surface area contributed by atoms with Crippen LogP contribution in [0.1, 0.15) is 59.3 Å². The van der Waals surface area contributed by atoms with E-state index in [1.165, 1.54) is 0 Å². The van der Waals surface area contributed by atoms with Crippen LogP contribution in [0.2, 0.25) is 0 Å². The van der Waals surface area contributed by atoms with Gasteiger partial charge in [0.2, 0.25) is 5.91 Å². The van der Waals surface area contributed by atoms with E-state index in [4.69, 9.17) is 0 Å². The van der Waals surface area contributed by atoms with Crippen LogP contribution in [0.3, 0.4) is 0 Å². The van der Waals surface area contributed by atoms with Crippen molar-refractivity contribution >= 4 is 11.7 Å². The lowest BCUT2D eigenvalue weighted by Crippen LogP contribution is -2.43. The van der Waals surface area contributed by atoms with E-state index >= 15 is 0 Å². The molecular formula is C16H27NO2. The average molecular weight is 265 g/mol. The van der Waals surface area contributed by atoms with Crippen LogP contribution in [-0.2, 0) is 9.59 Å². The quantitative estimate of drug-likeness (QED) is 0.402. The highest BCUT2D eigenvalue weighted by atomic mass is 16.2. The molecule has 1 aliphatic heterocycles. The molecule has 0 atom stereocenters.